The van der Waals surface area contributed by atoms with Crippen LogP contribution in [0, 0.1) is 0 Å². The Labute approximate surface area is 174 Å². The lowest BCUT2D eigenvalue weighted by molar-refractivity contribution is -0.0232. The topological polar surface area (TPSA) is 155 Å². The maximum Gasteiger partial charge on any atom is 0.287 e. The predicted octanol–water partition coefficient (Wildman–Crippen LogP) is 2.01. The van der Waals surface area contributed by atoms with Crippen molar-refractivity contribution in [1.82, 2.24) is 23.9 Å². The first-order valence-corrected chi connectivity index (χ1v) is 9.55. The third-order valence-corrected chi connectivity index (χ3v) is 5.43. The van der Waals surface area contributed by atoms with Crippen LogP contribution in [0.25, 0.3) is 38.6 Å². The standard InChI is InChI=1S/C19H18N8O4/c1-30-11-4-2-10(3-5-11)13-7-26-18(29)16-17(23-19(26)22-13)27(9-21-16)15-6-12(24-25-20)14(8-28)31-15/h2-5,7,9,12,14-15,28H,6,8H2,1H3,(H,22,23)/t12-,14+,15+/m0/s1. The number of imidazole rings is 2. The lowest BCUT2D eigenvalue weighted by atomic mass is 10.1. The van der Waals surface area contributed by atoms with Gasteiger partial charge in [0.1, 0.15) is 12.0 Å². The van der Waals surface area contributed by atoms with Crippen LogP contribution in [0.4, 0.5) is 0 Å². The van der Waals surface area contributed by atoms with Crippen molar-refractivity contribution >= 4 is 16.9 Å². The van der Waals surface area contributed by atoms with Gasteiger partial charge >= 0.3 is 0 Å². The number of H-pyrrole nitrogens is 1. The van der Waals surface area contributed by atoms with E-state index < -0.39 is 18.4 Å². The minimum Gasteiger partial charge on any atom is -0.497 e. The summed E-state index contributed by atoms with van der Waals surface area (Å²) in [5.74, 6) is 1.09. The molecule has 1 aromatic carbocycles. The van der Waals surface area contributed by atoms with Gasteiger partial charge in [0.25, 0.3) is 5.56 Å². The average Bonchev–Trinajstić information content (AvgIpc) is 3.51. The summed E-state index contributed by atoms with van der Waals surface area (Å²) in [5, 5.41) is 13.2. The molecule has 0 amide bonds. The van der Waals surface area contributed by atoms with Gasteiger partial charge in [0, 0.05) is 17.5 Å². The second-order valence-corrected chi connectivity index (χ2v) is 7.15. The number of benzene rings is 1. The van der Waals surface area contributed by atoms with Crippen molar-refractivity contribution in [2.24, 2.45) is 5.11 Å². The first-order valence-electron chi connectivity index (χ1n) is 9.55. The Bertz CT molecular complexity index is 1370. The van der Waals surface area contributed by atoms with Crippen LogP contribution >= 0.6 is 0 Å². The highest BCUT2D eigenvalue weighted by Crippen LogP contribution is 2.32. The molecule has 12 nitrogen and oxygen atoms in total. The molecule has 3 atom stereocenters. The molecule has 4 aromatic rings. The number of nitrogens with one attached hydrogen (secondary N) is 1. The fourth-order valence-corrected chi connectivity index (χ4v) is 3.84. The molecule has 0 spiro atoms. The largest absolute Gasteiger partial charge is 0.497 e. The molecule has 1 fully saturated rings. The molecule has 0 aliphatic carbocycles. The van der Waals surface area contributed by atoms with E-state index in [1.165, 1.54) is 10.7 Å². The molecule has 3 aromatic heterocycles. The highest BCUT2D eigenvalue weighted by molar-refractivity contribution is 5.73. The molecule has 1 aliphatic rings. The molecular weight excluding hydrogens is 404 g/mol. The monoisotopic (exact) mass is 422 g/mol. The van der Waals surface area contributed by atoms with Crippen molar-refractivity contribution in [2.45, 2.75) is 24.8 Å². The lowest BCUT2D eigenvalue weighted by Crippen LogP contribution is -2.23. The SMILES string of the molecule is COc1ccc(-c2cn3c(=O)c4ncn([C@H]5C[C@H](N=[N+]=[N-])[C@@H](CO)O5)c4nc3[nH]2)cc1. The highest BCUT2D eigenvalue weighted by Gasteiger charge is 2.36. The van der Waals surface area contributed by atoms with Gasteiger partial charge in [-0.05, 0) is 35.4 Å². The van der Waals surface area contributed by atoms with Crippen LogP contribution in [0.2, 0.25) is 0 Å². The van der Waals surface area contributed by atoms with Crippen LogP contribution in [0.5, 0.6) is 5.75 Å². The number of aromatic amines is 1. The van der Waals surface area contributed by atoms with E-state index in [-0.39, 0.29) is 17.7 Å². The van der Waals surface area contributed by atoms with E-state index in [2.05, 4.69) is 25.0 Å². The van der Waals surface area contributed by atoms with E-state index in [1.807, 2.05) is 24.3 Å². The van der Waals surface area contributed by atoms with Crippen molar-refractivity contribution in [3.05, 3.63) is 57.6 Å². The van der Waals surface area contributed by atoms with Crippen LogP contribution in [-0.2, 0) is 4.74 Å². The number of fused-ring (bicyclic) bond motifs is 2. The summed E-state index contributed by atoms with van der Waals surface area (Å²) in [7, 11) is 1.60. The molecule has 2 N–H and O–H groups in total. The average molecular weight is 422 g/mol. The molecule has 1 saturated heterocycles. The number of ether oxygens (including phenoxy) is 2. The summed E-state index contributed by atoms with van der Waals surface area (Å²) >= 11 is 0. The van der Waals surface area contributed by atoms with E-state index in [0.717, 1.165) is 11.3 Å². The lowest BCUT2D eigenvalue weighted by Gasteiger charge is -2.13. The summed E-state index contributed by atoms with van der Waals surface area (Å²) in [6, 6.07) is 6.90. The van der Waals surface area contributed by atoms with Gasteiger partial charge in [-0.25, -0.2) is 9.38 Å². The van der Waals surface area contributed by atoms with Gasteiger partial charge in [0.15, 0.2) is 11.2 Å². The normalized spacial score (nSPS) is 20.9. The summed E-state index contributed by atoms with van der Waals surface area (Å²) in [4.78, 5) is 27.8. The van der Waals surface area contributed by atoms with Crippen molar-refractivity contribution < 1.29 is 14.6 Å². The zero-order valence-electron chi connectivity index (χ0n) is 16.4. The van der Waals surface area contributed by atoms with Crippen molar-refractivity contribution in [1.29, 1.82) is 0 Å². The third kappa shape index (κ3) is 3.10. The Hall–Kier alpha value is -3.86. The van der Waals surface area contributed by atoms with Gasteiger partial charge in [-0.2, -0.15) is 4.98 Å². The Morgan fingerprint density at radius 2 is 2.23 bits per heavy atom. The Balaban J connectivity index is 1.57. The fourth-order valence-electron chi connectivity index (χ4n) is 3.84. The molecule has 0 saturated carbocycles. The number of aliphatic hydroxyl groups excluding tert-OH is 1. The third-order valence-electron chi connectivity index (χ3n) is 5.43. The second-order valence-electron chi connectivity index (χ2n) is 7.15. The molecule has 0 bridgehead atoms. The summed E-state index contributed by atoms with van der Waals surface area (Å²) in [5.41, 5.74) is 10.5. The molecular formula is C19H18N8O4. The highest BCUT2D eigenvalue weighted by atomic mass is 16.5. The number of aromatic nitrogens is 5. The van der Waals surface area contributed by atoms with E-state index in [0.29, 0.717) is 23.5 Å². The first-order chi connectivity index (χ1) is 15.1. The van der Waals surface area contributed by atoms with Crippen LogP contribution < -0.4 is 10.3 Å². The summed E-state index contributed by atoms with van der Waals surface area (Å²) < 4.78 is 14.0. The van der Waals surface area contributed by atoms with Gasteiger partial charge in [0.05, 0.1) is 37.9 Å². The molecule has 31 heavy (non-hydrogen) atoms. The van der Waals surface area contributed by atoms with Crippen molar-refractivity contribution in [3.8, 4) is 17.0 Å². The predicted molar refractivity (Wildman–Crippen MR) is 110 cm³/mol. The van der Waals surface area contributed by atoms with Crippen LogP contribution in [-0.4, -0.2) is 54.9 Å². The number of hydrogen-bond donors (Lipinski definition) is 2. The van der Waals surface area contributed by atoms with Gasteiger partial charge < -0.3 is 19.6 Å². The smallest absolute Gasteiger partial charge is 0.287 e. The van der Waals surface area contributed by atoms with Crippen LogP contribution in [0.3, 0.4) is 0 Å². The minimum atomic E-state index is -0.629. The van der Waals surface area contributed by atoms with Crippen molar-refractivity contribution in [3.63, 3.8) is 0 Å². The molecule has 12 heteroatoms. The molecule has 0 unspecified atom stereocenters. The van der Waals surface area contributed by atoms with Gasteiger partial charge in [-0.1, -0.05) is 5.11 Å². The summed E-state index contributed by atoms with van der Waals surface area (Å²) in [6.07, 6.45) is 2.29. The first kappa shape index (κ1) is 19.1. The zero-order chi connectivity index (χ0) is 21.5. The van der Waals surface area contributed by atoms with E-state index in [4.69, 9.17) is 15.0 Å². The van der Waals surface area contributed by atoms with Crippen LogP contribution in [0.1, 0.15) is 12.6 Å². The second kappa shape index (κ2) is 7.43. The number of nitrogens with zero attached hydrogens (tertiary/aromatic N) is 7. The minimum absolute atomic E-state index is 0.189. The van der Waals surface area contributed by atoms with Crippen molar-refractivity contribution in [2.75, 3.05) is 13.7 Å². The van der Waals surface area contributed by atoms with Gasteiger partial charge in [0.2, 0.25) is 5.78 Å². The number of aliphatic hydroxyl groups is 1. The fraction of sp³-hybridized carbons (Fsp3) is 0.316. The van der Waals surface area contributed by atoms with E-state index >= 15 is 0 Å². The van der Waals surface area contributed by atoms with Gasteiger partial charge in [-0.15, -0.1) is 0 Å². The van der Waals surface area contributed by atoms with Crippen LogP contribution in [0.15, 0.2) is 46.7 Å². The number of azide groups is 1. The molecule has 4 heterocycles. The molecule has 158 valence electrons. The molecule has 0 radical (unpaired) electrons. The van der Waals surface area contributed by atoms with E-state index in [1.54, 1.807) is 17.9 Å². The number of rotatable bonds is 5. The molecule has 5 rings (SSSR count). The Kier molecular flexibility index (Phi) is 4.59. The maximum atomic E-state index is 13.0. The quantitative estimate of drug-likeness (QED) is 0.285. The van der Waals surface area contributed by atoms with E-state index in [9.17, 15) is 9.90 Å². The molecule has 1 aliphatic heterocycles. The summed E-state index contributed by atoms with van der Waals surface area (Å²) in [6.45, 7) is -0.283. The van der Waals surface area contributed by atoms with Gasteiger partial charge in [-0.3, -0.25) is 9.36 Å². The zero-order valence-corrected chi connectivity index (χ0v) is 16.4. The maximum absolute atomic E-state index is 13.0. The Morgan fingerprint density at radius 1 is 1.42 bits per heavy atom. The number of hydrogen-bond acceptors (Lipinski definition) is 7. The Morgan fingerprint density at radius 3 is 2.94 bits per heavy atom. The number of methoxy groups -OCH3 is 1.